The average molecular weight is 368 g/mol. The first-order valence-electron chi connectivity index (χ1n) is 8.00. The standard InChI is InChI=1S/C20H18ClN3O2/c1-13-10-17(18(26-2)11-16(13)21)24-19-9-8-14(12-22-19)20(25)23-15-6-4-3-5-7-15/h3-12H,1-2H3,(H,22,24)(H,23,25). The third-order valence-electron chi connectivity index (χ3n) is 3.80. The highest BCUT2D eigenvalue weighted by atomic mass is 35.5. The Morgan fingerprint density at radius 3 is 2.54 bits per heavy atom. The van der Waals surface area contributed by atoms with E-state index in [0.717, 1.165) is 16.9 Å². The first kappa shape index (κ1) is 17.8. The van der Waals surface area contributed by atoms with Crippen LogP contribution in [0.5, 0.6) is 5.75 Å². The van der Waals surface area contributed by atoms with Crippen molar-refractivity contribution < 1.29 is 9.53 Å². The van der Waals surface area contributed by atoms with E-state index in [4.69, 9.17) is 16.3 Å². The van der Waals surface area contributed by atoms with Gasteiger partial charge in [-0.1, -0.05) is 29.8 Å². The van der Waals surface area contributed by atoms with Gasteiger partial charge in [0.05, 0.1) is 18.4 Å². The molecule has 0 unspecified atom stereocenters. The van der Waals surface area contributed by atoms with Crippen molar-refractivity contribution in [2.24, 2.45) is 0 Å². The van der Waals surface area contributed by atoms with Crippen LogP contribution in [0.15, 0.2) is 60.8 Å². The number of halogens is 1. The van der Waals surface area contributed by atoms with Crippen molar-refractivity contribution in [3.8, 4) is 5.75 Å². The lowest BCUT2D eigenvalue weighted by molar-refractivity contribution is 0.102. The van der Waals surface area contributed by atoms with Gasteiger partial charge in [0, 0.05) is 23.0 Å². The number of anilines is 3. The molecule has 6 heteroatoms. The van der Waals surface area contributed by atoms with Crippen LogP contribution in [0.2, 0.25) is 5.02 Å². The van der Waals surface area contributed by atoms with Gasteiger partial charge in [-0.15, -0.1) is 0 Å². The number of aryl methyl sites for hydroxylation is 1. The molecule has 0 aliphatic carbocycles. The number of amides is 1. The fourth-order valence-electron chi connectivity index (χ4n) is 2.39. The number of carbonyl (C=O) groups excluding carboxylic acids is 1. The summed E-state index contributed by atoms with van der Waals surface area (Å²) in [5.74, 6) is 1.00. The van der Waals surface area contributed by atoms with Crippen molar-refractivity contribution >= 4 is 34.7 Å². The van der Waals surface area contributed by atoms with Crippen LogP contribution in [0.25, 0.3) is 0 Å². The van der Waals surface area contributed by atoms with Gasteiger partial charge in [-0.25, -0.2) is 4.98 Å². The van der Waals surface area contributed by atoms with Crippen LogP contribution in [0.3, 0.4) is 0 Å². The molecule has 0 saturated carbocycles. The normalized spacial score (nSPS) is 10.3. The minimum Gasteiger partial charge on any atom is -0.495 e. The summed E-state index contributed by atoms with van der Waals surface area (Å²) in [6, 6.07) is 16.4. The van der Waals surface area contributed by atoms with Gasteiger partial charge in [0.25, 0.3) is 5.91 Å². The van der Waals surface area contributed by atoms with Crippen LogP contribution >= 0.6 is 11.6 Å². The van der Waals surface area contributed by atoms with Gasteiger partial charge in [-0.3, -0.25) is 4.79 Å². The summed E-state index contributed by atoms with van der Waals surface area (Å²) in [6.07, 6.45) is 1.52. The zero-order valence-corrected chi connectivity index (χ0v) is 15.2. The molecule has 0 atom stereocenters. The quantitative estimate of drug-likeness (QED) is 0.662. The molecule has 2 N–H and O–H groups in total. The number of nitrogens with zero attached hydrogens (tertiary/aromatic N) is 1. The Bertz CT molecular complexity index is 912. The molecule has 3 rings (SSSR count). The molecule has 0 fully saturated rings. The summed E-state index contributed by atoms with van der Waals surface area (Å²) in [5.41, 5.74) is 2.89. The number of hydrogen-bond acceptors (Lipinski definition) is 4. The van der Waals surface area contributed by atoms with Crippen LogP contribution in [-0.4, -0.2) is 18.0 Å². The monoisotopic (exact) mass is 367 g/mol. The van der Waals surface area contributed by atoms with E-state index in [1.807, 2.05) is 43.3 Å². The topological polar surface area (TPSA) is 63.2 Å². The molecule has 0 aliphatic rings. The Morgan fingerprint density at radius 1 is 1.12 bits per heavy atom. The van der Waals surface area contributed by atoms with E-state index in [0.29, 0.717) is 22.2 Å². The predicted octanol–water partition coefficient (Wildman–Crippen LogP) is 5.05. The Balaban J connectivity index is 1.74. The Hall–Kier alpha value is -3.05. The van der Waals surface area contributed by atoms with Crippen LogP contribution in [0.1, 0.15) is 15.9 Å². The minimum absolute atomic E-state index is 0.213. The highest BCUT2D eigenvalue weighted by molar-refractivity contribution is 6.31. The van der Waals surface area contributed by atoms with Gasteiger partial charge >= 0.3 is 0 Å². The number of pyridine rings is 1. The van der Waals surface area contributed by atoms with E-state index in [1.54, 1.807) is 25.3 Å². The molecule has 0 aliphatic heterocycles. The third kappa shape index (κ3) is 4.13. The molecule has 0 bridgehead atoms. The summed E-state index contributed by atoms with van der Waals surface area (Å²) < 4.78 is 5.34. The molecular formula is C20H18ClN3O2. The summed E-state index contributed by atoms with van der Waals surface area (Å²) in [7, 11) is 1.58. The number of benzene rings is 2. The molecule has 132 valence electrons. The molecule has 26 heavy (non-hydrogen) atoms. The number of methoxy groups -OCH3 is 1. The van der Waals surface area contributed by atoms with Crippen molar-refractivity contribution in [3.63, 3.8) is 0 Å². The molecule has 1 heterocycles. The van der Waals surface area contributed by atoms with E-state index in [9.17, 15) is 4.79 Å². The summed E-state index contributed by atoms with van der Waals surface area (Å²) >= 11 is 6.12. The van der Waals surface area contributed by atoms with Crippen LogP contribution in [0, 0.1) is 6.92 Å². The molecule has 3 aromatic rings. The number of aromatic nitrogens is 1. The maximum atomic E-state index is 12.3. The van der Waals surface area contributed by atoms with Gasteiger partial charge in [-0.2, -0.15) is 0 Å². The number of para-hydroxylation sites is 1. The number of hydrogen-bond donors (Lipinski definition) is 2. The van der Waals surface area contributed by atoms with Gasteiger partial charge in [0.1, 0.15) is 11.6 Å². The van der Waals surface area contributed by atoms with E-state index < -0.39 is 0 Å². The second-order valence-electron chi connectivity index (χ2n) is 5.68. The molecule has 1 amide bonds. The van der Waals surface area contributed by atoms with Crippen molar-refractivity contribution in [2.75, 3.05) is 17.7 Å². The predicted molar refractivity (Wildman–Crippen MR) is 105 cm³/mol. The van der Waals surface area contributed by atoms with Gasteiger partial charge in [0.2, 0.25) is 0 Å². The number of nitrogens with one attached hydrogen (secondary N) is 2. The van der Waals surface area contributed by atoms with Crippen LogP contribution in [0.4, 0.5) is 17.2 Å². The fraction of sp³-hybridized carbons (Fsp3) is 0.100. The Labute approximate surface area is 157 Å². The Morgan fingerprint density at radius 2 is 1.88 bits per heavy atom. The number of carbonyl (C=O) groups is 1. The van der Waals surface area contributed by atoms with Crippen molar-refractivity contribution in [2.45, 2.75) is 6.92 Å². The van der Waals surface area contributed by atoms with Gasteiger partial charge in [-0.05, 0) is 42.8 Å². The summed E-state index contributed by atoms with van der Waals surface area (Å²) in [6.45, 7) is 1.91. The highest BCUT2D eigenvalue weighted by Gasteiger charge is 2.10. The number of ether oxygens (including phenoxy) is 1. The van der Waals surface area contributed by atoms with Crippen molar-refractivity contribution in [3.05, 3.63) is 76.9 Å². The second kappa shape index (κ2) is 7.89. The lowest BCUT2D eigenvalue weighted by Crippen LogP contribution is -2.12. The van der Waals surface area contributed by atoms with E-state index >= 15 is 0 Å². The molecule has 2 aromatic carbocycles. The summed E-state index contributed by atoms with van der Waals surface area (Å²) in [4.78, 5) is 16.6. The summed E-state index contributed by atoms with van der Waals surface area (Å²) in [5, 5.41) is 6.64. The first-order valence-corrected chi connectivity index (χ1v) is 8.38. The average Bonchev–Trinajstić information content (AvgIpc) is 2.66. The molecule has 1 aromatic heterocycles. The fourth-order valence-corrected chi connectivity index (χ4v) is 2.55. The molecule has 0 radical (unpaired) electrons. The number of rotatable bonds is 5. The van der Waals surface area contributed by atoms with Crippen LogP contribution < -0.4 is 15.4 Å². The SMILES string of the molecule is COc1cc(Cl)c(C)cc1Nc1ccc(C(=O)Nc2ccccc2)cn1. The highest BCUT2D eigenvalue weighted by Crippen LogP contribution is 2.32. The molecule has 5 nitrogen and oxygen atoms in total. The van der Waals surface area contributed by atoms with E-state index in [1.165, 1.54) is 6.20 Å². The van der Waals surface area contributed by atoms with Gasteiger partial charge in [0.15, 0.2) is 0 Å². The molecule has 0 saturated heterocycles. The maximum Gasteiger partial charge on any atom is 0.257 e. The van der Waals surface area contributed by atoms with E-state index in [2.05, 4.69) is 15.6 Å². The first-order chi connectivity index (χ1) is 12.6. The zero-order valence-electron chi connectivity index (χ0n) is 14.4. The molecule has 0 spiro atoms. The van der Waals surface area contributed by atoms with Crippen molar-refractivity contribution in [1.29, 1.82) is 0 Å². The van der Waals surface area contributed by atoms with Gasteiger partial charge < -0.3 is 15.4 Å². The zero-order chi connectivity index (χ0) is 18.5. The smallest absolute Gasteiger partial charge is 0.257 e. The van der Waals surface area contributed by atoms with Crippen LogP contribution in [-0.2, 0) is 0 Å². The minimum atomic E-state index is -0.213. The van der Waals surface area contributed by atoms with Crippen molar-refractivity contribution in [1.82, 2.24) is 4.98 Å². The Kier molecular flexibility index (Phi) is 5.39. The van der Waals surface area contributed by atoms with E-state index in [-0.39, 0.29) is 5.91 Å². The second-order valence-corrected chi connectivity index (χ2v) is 6.09. The molecular weight excluding hydrogens is 350 g/mol. The third-order valence-corrected chi connectivity index (χ3v) is 4.21. The largest absolute Gasteiger partial charge is 0.495 e. The lowest BCUT2D eigenvalue weighted by Gasteiger charge is -2.13. The lowest BCUT2D eigenvalue weighted by atomic mass is 10.2. The maximum absolute atomic E-state index is 12.3.